The third-order valence-corrected chi connectivity index (χ3v) is 3.42. The summed E-state index contributed by atoms with van der Waals surface area (Å²) < 4.78 is 6.29. The van der Waals surface area contributed by atoms with Gasteiger partial charge in [-0.3, -0.25) is 4.79 Å². The van der Waals surface area contributed by atoms with E-state index in [2.05, 4.69) is 21.2 Å². The van der Waals surface area contributed by atoms with Crippen molar-refractivity contribution in [3.05, 3.63) is 28.7 Å². The molecule has 0 radical (unpaired) electrons. The minimum Gasteiger partial charge on any atom is -0.492 e. The number of benzene rings is 1. The molecule has 0 bridgehead atoms. The zero-order valence-electron chi connectivity index (χ0n) is 12.1. The molecule has 1 amide bonds. The van der Waals surface area contributed by atoms with Crippen LogP contribution in [-0.2, 0) is 9.59 Å². The summed E-state index contributed by atoms with van der Waals surface area (Å²) in [6.07, 6.45) is 0.523. The van der Waals surface area contributed by atoms with Gasteiger partial charge >= 0.3 is 5.97 Å². The molecule has 0 aliphatic heterocycles. The number of hydrogen-bond donors (Lipinski definition) is 2. The second kappa shape index (κ2) is 8.67. The number of nitrogens with one attached hydrogen (secondary N) is 1. The number of rotatable bonds is 8. The van der Waals surface area contributed by atoms with Crippen molar-refractivity contribution in [1.29, 1.82) is 0 Å². The number of ether oxygens (including phenoxy) is 1. The molecule has 0 heterocycles. The van der Waals surface area contributed by atoms with Gasteiger partial charge in [0.15, 0.2) is 0 Å². The first kappa shape index (κ1) is 17.5. The standard InChI is InChI=1S/C15H20BrNO4/c1-10(2)9-12(15(19)20)17-14(18)7-8-21-13-6-4-3-5-11(13)16/h3-6,10,12H,7-9H2,1-2H3,(H,17,18)(H,19,20)/t12-/m0/s1. The Morgan fingerprint density at radius 2 is 2.00 bits per heavy atom. The summed E-state index contributed by atoms with van der Waals surface area (Å²) in [7, 11) is 0. The molecule has 0 aliphatic carbocycles. The molecule has 5 nitrogen and oxygen atoms in total. The van der Waals surface area contributed by atoms with Crippen LogP contribution in [0.3, 0.4) is 0 Å². The minimum atomic E-state index is -1.01. The molecule has 1 atom stereocenters. The molecular formula is C15H20BrNO4. The number of amides is 1. The summed E-state index contributed by atoms with van der Waals surface area (Å²) in [5.41, 5.74) is 0. The van der Waals surface area contributed by atoms with E-state index < -0.39 is 12.0 Å². The fraction of sp³-hybridized carbons (Fsp3) is 0.467. The average molecular weight is 358 g/mol. The highest BCUT2D eigenvalue weighted by Gasteiger charge is 2.20. The highest BCUT2D eigenvalue weighted by molar-refractivity contribution is 9.10. The van der Waals surface area contributed by atoms with E-state index >= 15 is 0 Å². The number of carboxylic acids is 1. The van der Waals surface area contributed by atoms with Gasteiger partial charge in [0.05, 0.1) is 17.5 Å². The highest BCUT2D eigenvalue weighted by atomic mass is 79.9. The second-order valence-corrected chi connectivity index (χ2v) is 5.97. The van der Waals surface area contributed by atoms with Gasteiger partial charge in [0.2, 0.25) is 5.91 Å². The quantitative estimate of drug-likeness (QED) is 0.749. The molecule has 0 saturated carbocycles. The van der Waals surface area contributed by atoms with E-state index in [9.17, 15) is 9.59 Å². The van der Waals surface area contributed by atoms with E-state index in [4.69, 9.17) is 9.84 Å². The number of carboxylic acid groups (broad SMARTS) is 1. The topological polar surface area (TPSA) is 75.6 Å². The summed E-state index contributed by atoms with van der Waals surface area (Å²) in [5.74, 6) is -0.482. The number of para-hydroxylation sites is 1. The van der Waals surface area contributed by atoms with Gasteiger partial charge in [0.25, 0.3) is 0 Å². The number of carbonyl (C=O) groups is 2. The van der Waals surface area contributed by atoms with Crippen molar-refractivity contribution in [2.75, 3.05) is 6.61 Å². The second-order valence-electron chi connectivity index (χ2n) is 5.12. The first-order valence-corrected chi connectivity index (χ1v) is 7.59. The Morgan fingerprint density at radius 1 is 1.33 bits per heavy atom. The van der Waals surface area contributed by atoms with Gasteiger partial charge in [0.1, 0.15) is 11.8 Å². The highest BCUT2D eigenvalue weighted by Crippen LogP contribution is 2.23. The molecule has 0 aromatic heterocycles. The van der Waals surface area contributed by atoms with Crippen molar-refractivity contribution in [1.82, 2.24) is 5.32 Å². The van der Waals surface area contributed by atoms with E-state index in [1.165, 1.54) is 0 Å². The number of hydrogen-bond acceptors (Lipinski definition) is 3. The van der Waals surface area contributed by atoms with Crippen molar-refractivity contribution in [3.8, 4) is 5.75 Å². The summed E-state index contributed by atoms with van der Waals surface area (Å²) >= 11 is 3.35. The van der Waals surface area contributed by atoms with Gasteiger partial charge in [-0.05, 0) is 40.4 Å². The number of aliphatic carboxylic acids is 1. The van der Waals surface area contributed by atoms with Crippen molar-refractivity contribution >= 4 is 27.8 Å². The van der Waals surface area contributed by atoms with Gasteiger partial charge in [-0.2, -0.15) is 0 Å². The lowest BCUT2D eigenvalue weighted by Gasteiger charge is -2.16. The molecule has 6 heteroatoms. The summed E-state index contributed by atoms with van der Waals surface area (Å²) in [6.45, 7) is 4.03. The SMILES string of the molecule is CC(C)C[C@H](NC(=O)CCOc1ccccc1Br)C(=O)O. The van der Waals surface area contributed by atoms with Gasteiger partial charge < -0.3 is 15.2 Å². The first-order chi connectivity index (χ1) is 9.90. The lowest BCUT2D eigenvalue weighted by atomic mass is 10.0. The molecule has 116 valence electrons. The molecule has 0 unspecified atom stereocenters. The van der Waals surface area contributed by atoms with E-state index in [0.29, 0.717) is 12.2 Å². The van der Waals surface area contributed by atoms with Crippen LogP contribution >= 0.6 is 15.9 Å². The Kier molecular flexibility index (Phi) is 7.22. The third kappa shape index (κ3) is 6.62. The largest absolute Gasteiger partial charge is 0.492 e. The zero-order valence-corrected chi connectivity index (χ0v) is 13.7. The molecule has 1 aromatic rings. The van der Waals surface area contributed by atoms with Crippen molar-refractivity contribution in [3.63, 3.8) is 0 Å². The number of carbonyl (C=O) groups excluding carboxylic acids is 1. The summed E-state index contributed by atoms with van der Waals surface area (Å²) in [4.78, 5) is 22.8. The monoisotopic (exact) mass is 357 g/mol. The van der Waals surface area contributed by atoms with Crippen LogP contribution in [0.5, 0.6) is 5.75 Å². The lowest BCUT2D eigenvalue weighted by molar-refractivity contribution is -0.142. The average Bonchev–Trinajstić information content (AvgIpc) is 2.39. The maximum atomic E-state index is 11.7. The van der Waals surface area contributed by atoms with Crippen LogP contribution in [-0.4, -0.2) is 29.6 Å². The van der Waals surface area contributed by atoms with Crippen LogP contribution < -0.4 is 10.1 Å². The zero-order chi connectivity index (χ0) is 15.8. The normalized spacial score (nSPS) is 12.0. The maximum Gasteiger partial charge on any atom is 0.326 e. The molecule has 1 rings (SSSR count). The van der Waals surface area contributed by atoms with Gasteiger partial charge in [0, 0.05) is 0 Å². The maximum absolute atomic E-state index is 11.7. The van der Waals surface area contributed by atoms with E-state index in [-0.39, 0.29) is 24.9 Å². The first-order valence-electron chi connectivity index (χ1n) is 6.79. The van der Waals surface area contributed by atoms with Crippen LogP contribution in [0.15, 0.2) is 28.7 Å². The van der Waals surface area contributed by atoms with Gasteiger partial charge in [-0.25, -0.2) is 4.79 Å². The lowest BCUT2D eigenvalue weighted by Crippen LogP contribution is -2.42. The Balaban J connectivity index is 2.39. The smallest absolute Gasteiger partial charge is 0.326 e. The van der Waals surface area contributed by atoms with Crippen LogP contribution in [0, 0.1) is 5.92 Å². The van der Waals surface area contributed by atoms with E-state index in [1.54, 1.807) is 6.07 Å². The minimum absolute atomic E-state index is 0.114. The van der Waals surface area contributed by atoms with Crippen molar-refractivity contribution < 1.29 is 19.4 Å². The fourth-order valence-electron chi connectivity index (χ4n) is 1.77. The molecule has 0 aliphatic rings. The molecule has 0 fully saturated rings. The van der Waals surface area contributed by atoms with Crippen molar-refractivity contribution in [2.24, 2.45) is 5.92 Å². The molecule has 0 spiro atoms. The predicted octanol–water partition coefficient (Wildman–Crippen LogP) is 2.83. The van der Waals surface area contributed by atoms with Crippen LogP contribution in [0.25, 0.3) is 0 Å². The van der Waals surface area contributed by atoms with Crippen LogP contribution in [0.4, 0.5) is 0 Å². The summed E-state index contributed by atoms with van der Waals surface area (Å²) in [6, 6.07) is 6.50. The fourth-order valence-corrected chi connectivity index (χ4v) is 2.17. The Hall–Kier alpha value is -1.56. The van der Waals surface area contributed by atoms with Gasteiger partial charge in [-0.15, -0.1) is 0 Å². The third-order valence-electron chi connectivity index (χ3n) is 2.76. The van der Waals surface area contributed by atoms with E-state index in [1.807, 2.05) is 32.0 Å². The van der Waals surface area contributed by atoms with Gasteiger partial charge in [-0.1, -0.05) is 26.0 Å². The molecule has 21 heavy (non-hydrogen) atoms. The molecule has 1 aromatic carbocycles. The number of halogens is 1. The molecular weight excluding hydrogens is 338 g/mol. The summed E-state index contributed by atoms with van der Waals surface area (Å²) in [5, 5.41) is 11.6. The van der Waals surface area contributed by atoms with Crippen molar-refractivity contribution in [2.45, 2.75) is 32.7 Å². The Labute approximate surface area is 132 Å². The molecule has 0 saturated heterocycles. The van der Waals surface area contributed by atoms with Crippen LogP contribution in [0.1, 0.15) is 26.7 Å². The molecule has 2 N–H and O–H groups in total. The predicted molar refractivity (Wildman–Crippen MR) is 83.3 cm³/mol. The Morgan fingerprint density at radius 3 is 2.57 bits per heavy atom. The Bertz CT molecular complexity index is 490. The van der Waals surface area contributed by atoms with E-state index in [0.717, 1.165) is 4.47 Å². The van der Waals surface area contributed by atoms with Crippen LogP contribution in [0.2, 0.25) is 0 Å².